The molecule has 1 saturated heterocycles. The zero-order chi connectivity index (χ0) is 10.0. The standard InChI is InChI=1S/C12H19NO/c1-2-6-11(14)13-10-5-9-12(13)7-3-4-8-12/h2,6H,3-5,7-10H2,1H3/b6-2+. The normalized spacial score (nSPS) is 25.4. The van der Waals surface area contributed by atoms with E-state index >= 15 is 0 Å². The summed E-state index contributed by atoms with van der Waals surface area (Å²) >= 11 is 0. The maximum atomic E-state index is 11.8. The molecule has 0 bridgehead atoms. The number of carbonyl (C=O) groups excluding carboxylic acids is 1. The van der Waals surface area contributed by atoms with Gasteiger partial charge in [-0.15, -0.1) is 0 Å². The predicted octanol–water partition coefficient (Wildman–Crippen LogP) is 2.50. The number of allylic oxidation sites excluding steroid dienone is 1. The van der Waals surface area contributed by atoms with Gasteiger partial charge in [-0.05, 0) is 38.7 Å². The average Bonchev–Trinajstić information content (AvgIpc) is 2.78. The van der Waals surface area contributed by atoms with Crippen LogP contribution in [0, 0.1) is 0 Å². The average molecular weight is 193 g/mol. The van der Waals surface area contributed by atoms with E-state index < -0.39 is 0 Å². The van der Waals surface area contributed by atoms with Crippen molar-refractivity contribution in [1.82, 2.24) is 4.90 Å². The van der Waals surface area contributed by atoms with Crippen molar-refractivity contribution in [2.75, 3.05) is 6.54 Å². The van der Waals surface area contributed by atoms with Crippen LogP contribution in [0.5, 0.6) is 0 Å². The second-order valence-corrected chi connectivity index (χ2v) is 4.52. The number of nitrogens with zero attached hydrogens (tertiary/aromatic N) is 1. The molecule has 1 aliphatic heterocycles. The first-order valence-electron chi connectivity index (χ1n) is 5.73. The van der Waals surface area contributed by atoms with Crippen LogP contribution in [0.15, 0.2) is 12.2 Å². The van der Waals surface area contributed by atoms with Crippen LogP contribution < -0.4 is 0 Å². The number of carbonyl (C=O) groups is 1. The fraction of sp³-hybridized carbons (Fsp3) is 0.750. The molecule has 78 valence electrons. The zero-order valence-electron chi connectivity index (χ0n) is 8.96. The molecule has 1 amide bonds. The molecule has 2 aliphatic rings. The number of hydrogen-bond acceptors (Lipinski definition) is 1. The Labute approximate surface area is 86.0 Å². The number of rotatable bonds is 1. The topological polar surface area (TPSA) is 20.3 Å². The molecule has 0 aromatic carbocycles. The minimum Gasteiger partial charge on any atom is -0.333 e. The van der Waals surface area contributed by atoms with Crippen LogP contribution >= 0.6 is 0 Å². The van der Waals surface area contributed by atoms with Gasteiger partial charge in [0.05, 0.1) is 0 Å². The van der Waals surface area contributed by atoms with Gasteiger partial charge in [-0.25, -0.2) is 0 Å². The fourth-order valence-electron chi connectivity index (χ4n) is 3.07. The van der Waals surface area contributed by atoms with Crippen molar-refractivity contribution in [1.29, 1.82) is 0 Å². The maximum Gasteiger partial charge on any atom is 0.246 e. The number of amides is 1. The largest absolute Gasteiger partial charge is 0.333 e. The van der Waals surface area contributed by atoms with Gasteiger partial charge in [-0.3, -0.25) is 4.79 Å². The molecule has 1 spiro atoms. The molecule has 0 aromatic rings. The highest BCUT2D eigenvalue weighted by molar-refractivity contribution is 5.88. The molecule has 1 heterocycles. The molecular weight excluding hydrogens is 174 g/mol. The third-order valence-electron chi connectivity index (χ3n) is 3.71. The van der Waals surface area contributed by atoms with Gasteiger partial charge in [0.25, 0.3) is 0 Å². The Morgan fingerprint density at radius 1 is 1.21 bits per heavy atom. The fourth-order valence-corrected chi connectivity index (χ4v) is 3.07. The Morgan fingerprint density at radius 2 is 1.86 bits per heavy atom. The second-order valence-electron chi connectivity index (χ2n) is 4.52. The third kappa shape index (κ3) is 1.47. The van der Waals surface area contributed by atoms with E-state index in [0.717, 1.165) is 6.54 Å². The minimum absolute atomic E-state index is 0.229. The zero-order valence-corrected chi connectivity index (χ0v) is 8.96. The van der Waals surface area contributed by atoms with Crippen LogP contribution in [0.3, 0.4) is 0 Å². The summed E-state index contributed by atoms with van der Waals surface area (Å²) in [7, 11) is 0. The van der Waals surface area contributed by atoms with Crippen molar-refractivity contribution >= 4 is 5.91 Å². The molecule has 1 saturated carbocycles. The quantitative estimate of drug-likeness (QED) is 0.586. The van der Waals surface area contributed by atoms with Gasteiger partial charge in [-0.2, -0.15) is 0 Å². The first-order valence-corrected chi connectivity index (χ1v) is 5.73. The monoisotopic (exact) mass is 193 g/mol. The first kappa shape index (κ1) is 9.75. The van der Waals surface area contributed by atoms with Crippen LogP contribution in [0.25, 0.3) is 0 Å². The van der Waals surface area contributed by atoms with Gasteiger partial charge >= 0.3 is 0 Å². The Bertz CT molecular complexity index is 246. The SMILES string of the molecule is C/C=C/C(=O)N1CCCC12CCCC2. The van der Waals surface area contributed by atoms with Gasteiger partial charge in [0, 0.05) is 12.1 Å². The molecule has 2 nitrogen and oxygen atoms in total. The summed E-state index contributed by atoms with van der Waals surface area (Å²) in [6.45, 7) is 2.89. The Hall–Kier alpha value is -0.790. The maximum absolute atomic E-state index is 11.8. The van der Waals surface area contributed by atoms with E-state index in [4.69, 9.17) is 0 Å². The van der Waals surface area contributed by atoms with Crippen molar-refractivity contribution in [2.24, 2.45) is 0 Å². The molecular formula is C12H19NO. The van der Waals surface area contributed by atoms with Crippen molar-refractivity contribution in [3.63, 3.8) is 0 Å². The molecule has 0 aromatic heterocycles. The lowest BCUT2D eigenvalue weighted by Gasteiger charge is -2.34. The van der Waals surface area contributed by atoms with Gasteiger partial charge in [0.15, 0.2) is 0 Å². The summed E-state index contributed by atoms with van der Waals surface area (Å²) < 4.78 is 0. The molecule has 2 fully saturated rings. The summed E-state index contributed by atoms with van der Waals surface area (Å²) in [5.41, 5.74) is 0.261. The van der Waals surface area contributed by atoms with Crippen LogP contribution in [-0.4, -0.2) is 22.9 Å². The highest BCUT2D eigenvalue weighted by Crippen LogP contribution is 2.43. The van der Waals surface area contributed by atoms with Gasteiger partial charge < -0.3 is 4.90 Å². The number of likely N-dealkylation sites (tertiary alicyclic amines) is 1. The third-order valence-corrected chi connectivity index (χ3v) is 3.71. The summed E-state index contributed by atoms with van der Waals surface area (Å²) in [6.07, 6.45) is 11.1. The molecule has 0 radical (unpaired) electrons. The van der Waals surface area contributed by atoms with Gasteiger partial charge in [0.2, 0.25) is 5.91 Å². The summed E-state index contributed by atoms with van der Waals surface area (Å²) in [5.74, 6) is 0.229. The highest BCUT2D eigenvalue weighted by Gasteiger charge is 2.44. The smallest absolute Gasteiger partial charge is 0.246 e. The molecule has 1 aliphatic carbocycles. The molecule has 2 heteroatoms. The first-order chi connectivity index (χ1) is 6.78. The Morgan fingerprint density at radius 3 is 2.50 bits per heavy atom. The molecule has 0 N–H and O–H groups in total. The van der Waals surface area contributed by atoms with Crippen molar-refractivity contribution in [3.8, 4) is 0 Å². The van der Waals surface area contributed by atoms with Crippen LogP contribution in [-0.2, 0) is 4.79 Å². The van der Waals surface area contributed by atoms with Crippen LogP contribution in [0.1, 0.15) is 45.4 Å². The van der Waals surface area contributed by atoms with E-state index in [9.17, 15) is 4.79 Å². The number of hydrogen-bond donors (Lipinski definition) is 0. The van der Waals surface area contributed by atoms with Crippen molar-refractivity contribution < 1.29 is 4.79 Å². The Kier molecular flexibility index (Phi) is 2.62. The summed E-state index contributed by atoms with van der Waals surface area (Å²) in [4.78, 5) is 14.0. The highest BCUT2D eigenvalue weighted by atomic mass is 16.2. The van der Waals surface area contributed by atoms with Crippen molar-refractivity contribution in [2.45, 2.75) is 51.0 Å². The molecule has 0 unspecified atom stereocenters. The molecule has 14 heavy (non-hydrogen) atoms. The second kappa shape index (κ2) is 3.76. The van der Waals surface area contributed by atoms with E-state index in [1.54, 1.807) is 6.08 Å². The lowest BCUT2D eigenvalue weighted by Crippen LogP contribution is -2.44. The Balaban J connectivity index is 2.13. The van der Waals surface area contributed by atoms with Gasteiger partial charge in [-0.1, -0.05) is 18.9 Å². The van der Waals surface area contributed by atoms with Crippen LogP contribution in [0.2, 0.25) is 0 Å². The van der Waals surface area contributed by atoms with E-state index in [0.29, 0.717) is 0 Å². The summed E-state index contributed by atoms with van der Waals surface area (Å²) in [6, 6.07) is 0. The molecule has 0 atom stereocenters. The lowest BCUT2D eigenvalue weighted by molar-refractivity contribution is -0.129. The van der Waals surface area contributed by atoms with E-state index in [-0.39, 0.29) is 11.4 Å². The van der Waals surface area contributed by atoms with E-state index in [1.165, 1.54) is 38.5 Å². The van der Waals surface area contributed by atoms with E-state index in [1.807, 2.05) is 13.0 Å². The molecule has 2 rings (SSSR count). The van der Waals surface area contributed by atoms with Gasteiger partial charge in [0.1, 0.15) is 0 Å². The van der Waals surface area contributed by atoms with Crippen LogP contribution in [0.4, 0.5) is 0 Å². The lowest BCUT2D eigenvalue weighted by atomic mass is 9.94. The summed E-state index contributed by atoms with van der Waals surface area (Å²) in [5, 5.41) is 0. The predicted molar refractivity (Wildman–Crippen MR) is 57.0 cm³/mol. The van der Waals surface area contributed by atoms with Crippen molar-refractivity contribution in [3.05, 3.63) is 12.2 Å². The minimum atomic E-state index is 0.229. The van der Waals surface area contributed by atoms with E-state index in [2.05, 4.69) is 4.90 Å².